The molecule has 0 saturated carbocycles. The second-order valence-corrected chi connectivity index (χ2v) is 11.3. The molecular formula is C33H19N3OS+2. The summed E-state index contributed by atoms with van der Waals surface area (Å²) < 4.78 is 16.3. The highest BCUT2D eigenvalue weighted by Gasteiger charge is 2.71. The maximum absolute atomic E-state index is 6.54. The third-order valence-corrected chi connectivity index (χ3v) is 9.65. The van der Waals surface area contributed by atoms with Crippen LogP contribution in [0.4, 0.5) is 0 Å². The first-order chi connectivity index (χ1) is 18.8. The summed E-state index contributed by atoms with van der Waals surface area (Å²) in [5.74, 6) is 1.84. The van der Waals surface area contributed by atoms with E-state index in [1.807, 2.05) is 11.3 Å². The minimum atomic E-state index is -0.538. The summed E-state index contributed by atoms with van der Waals surface area (Å²) in [5, 5.41) is 2.64. The summed E-state index contributed by atoms with van der Waals surface area (Å²) in [5.41, 5.74) is 7.86. The van der Waals surface area contributed by atoms with Crippen LogP contribution in [0.1, 0.15) is 11.1 Å². The van der Waals surface area contributed by atoms with E-state index in [1.54, 1.807) is 0 Å². The van der Waals surface area contributed by atoms with Gasteiger partial charge in [0.05, 0.1) is 11.8 Å². The first-order valence-corrected chi connectivity index (χ1v) is 13.7. The van der Waals surface area contributed by atoms with Gasteiger partial charge >= 0.3 is 5.66 Å². The summed E-state index contributed by atoms with van der Waals surface area (Å²) >= 11 is 1.86. The van der Waals surface area contributed by atoms with Crippen molar-refractivity contribution in [3.63, 3.8) is 0 Å². The Morgan fingerprint density at radius 2 is 1.55 bits per heavy atom. The standard InChI is InChI=1S/C33H19N3OS/c1-2-11-29-22(6-1)24-18-20(13-15-30(24)38-29)21-12-14-25-23-7-3-9-27-31(23)33(34(25)19-21)32-26(8-4-10-28(32)37-27)35-16-5-17-36(33)35/h1-19H/q+2. The zero-order valence-electron chi connectivity index (χ0n) is 20.1. The van der Waals surface area contributed by atoms with Gasteiger partial charge in [-0.3, -0.25) is 0 Å². The molecule has 4 aromatic carbocycles. The van der Waals surface area contributed by atoms with Crippen LogP contribution in [0.3, 0.4) is 0 Å². The van der Waals surface area contributed by atoms with Crippen LogP contribution in [0.5, 0.6) is 11.5 Å². The molecule has 0 bridgehead atoms. The predicted octanol–water partition coefficient (Wildman–Crippen LogP) is 6.78. The van der Waals surface area contributed by atoms with Gasteiger partial charge in [0.25, 0.3) is 0 Å². The van der Waals surface area contributed by atoms with Crippen LogP contribution in [-0.4, -0.2) is 4.68 Å². The van der Waals surface area contributed by atoms with Gasteiger partial charge < -0.3 is 4.74 Å². The van der Waals surface area contributed by atoms with Crippen molar-refractivity contribution in [2.24, 2.45) is 0 Å². The lowest BCUT2D eigenvalue weighted by atomic mass is 9.87. The fraction of sp³-hybridized carbons (Fsp3) is 0.0303. The molecule has 1 unspecified atom stereocenters. The highest BCUT2D eigenvalue weighted by atomic mass is 32.1. The number of pyridine rings is 1. The van der Waals surface area contributed by atoms with Crippen molar-refractivity contribution >= 4 is 31.5 Å². The van der Waals surface area contributed by atoms with E-state index in [4.69, 9.17) is 4.74 Å². The normalized spacial score (nSPS) is 17.3. The van der Waals surface area contributed by atoms with Crippen molar-refractivity contribution in [1.82, 2.24) is 4.68 Å². The average Bonchev–Trinajstić information content (AvgIpc) is 3.71. The molecule has 1 spiro atoms. The molecule has 5 heteroatoms. The Bertz CT molecular complexity index is 2190. The fourth-order valence-electron chi connectivity index (χ4n) is 7.03. The summed E-state index contributed by atoms with van der Waals surface area (Å²) in [6.07, 6.45) is 6.67. The second kappa shape index (κ2) is 6.39. The maximum Gasteiger partial charge on any atom is 0.447 e. The molecule has 4 nitrogen and oxygen atoms in total. The Morgan fingerprint density at radius 1 is 0.711 bits per heavy atom. The lowest BCUT2D eigenvalue weighted by molar-refractivity contribution is -0.987. The number of thiophene rings is 1. The Labute approximate surface area is 221 Å². The SMILES string of the molecule is c1cc2c3c(c1)-c1ccc(-c4ccc5sc6ccccc6c5c4)c[n+]1C31c3c(cccc3-n3ccc[n+]31)O2. The van der Waals surface area contributed by atoms with E-state index in [1.165, 1.54) is 53.7 Å². The number of fused-ring (bicyclic) bond motifs is 7. The first-order valence-electron chi connectivity index (χ1n) is 12.9. The highest BCUT2D eigenvalue weighted by Crippen LogP contribution is 2.55. The van der Waals surface area contributed by atoms with Crippen LogP contribution < -0.4 is 14.0 Å². The van der Waals surface area contributed by atoms with Crippen molar-refractivity contribution in [2.75, 3.05) is 0 Å². The number of ether oxygens (including phenoxy) is 1. The smallest absolute Gasteiger partial charge is 0.447 e. The summed E-state index contributed by atoms with van der Waals surface area (Å²) in [7, 11) is 0. The number of hydrogen-bond acceptors (Lipinski definition) is 2. The van der Waals surface area contributed by atoms with Gasteiger partial charge in [0.2, 0.25) is 11.9 Å². The zero-order valence-corrected chi connectivity index (χ0v) is 20.9. The van der Waals surface area contributed by atoms with Crippen LogP contribution in [0.15, 0.2) is 116 Å². The average molecular weight is 506 g/mol. The summed E-state index contributed by atoms with van der Waals surface area (Å²) in [4.78, 5) is 0. The van der Waals surface area contributed by atoms with Crippen LogP contribution in [0.2, 0.25) is 0 Å². The van der Waals surface area contributed by atoms with E-state index in [9.17, 15) is 0 Å². The molecule has 3 aliphatic rings. The highest BCUT2D eigenvalue weighted by molar-refractivity contribution is 7.25. The molecule has 7 aromatic rings. The number of rotatable bonds is 1. The maximum atomic E-state index is 6.54. The van der Waals surface area contributed by atoms with Gasteiger partial charge in [-0.1, -0.05) is 36.4 Å². The molecule has 3 aromatic heterocycles. The molecule has 6 heterocycles. The van der Waals surface area contributed by atoms with E-state index >= 15 is 0 Å². The molecule has 1 atom stereocenters. The molecule has 38 heavy (non-hydrogen) atoms. The summed E-state index contributed by atoms with van der Waals surface area (Å²) in [6, 6.07) is 35.1. The summed E-state index contributed by atoms with van der Waals surface area (Å²) in [6.45, 7) is 0. The number of aromatic nitrogens is 3. The Balaban J connectivity index is 1.30. The third kappa shape index (κ3) is 2.05. The Kier molecular flexibility index (Phi) is 3.26. The van der Waals surface area contributed by atoms with Crippen molar-refractivity contribution in [2.45, 2.75) is 5.66 Å². The van der Waals surface area contributed by atoms with Crippen molar-refractivity contribution in [3.05, 3.63) is 127 Å². The van der Waals surface area contributed by atoms with Crippen molar-refractivity contribution < 1.29 is 14.0 Å². The van der Waals surface area contributed by atoms with Crippen LogP contribution in [0.25, 0.3) is 48.2 Å². The molecule has 176 valence electrons. The monoisotopic (exact) mass is 505 g/mol. The predicted molar refractivity (Wildman–Crippen MR) is 148 cm³/mol. The van der Waals surface area contributed by atoms with Gasteiger partial charge in [-0.15, -0.1) is 20.6 Å². The lowest BCUT2D eigenvalue weighted by Gasteiger charge is -2.23. The first kappa shape index (κ1) is 19.4. The molecule has 0 aliphatic carbocycles. The Morgan fingerprint density at radius 3 is 2.53 bits per heavy atom. The van der Waals surface area contributed by atoms with E-state index < -0.39 is 5.66 Å². The van der Waals surface area contributed by atoms with Gasteiger partial charge in [-0.2, -0.15) is 0 Å². The van der Waals surface area contributed by atoms with Gasteiger partial charge in [-0.05, 0) is 58.8 Å². The molecule has 0 saturated heterocycles. The zero-order chi connectivity index (χ0) is 24.6. The fourth-order valence-corrected chi connectivity index (χ4v) is 8.12. The second-order valence-electron chi connectivity index (χ2n) is 10.3. The molecule has 0 radical (unpaired) electrons. The third-order valence-electron chi connectivity index (χ3n) is 8.50. The van der Waals surface area contributed by atoms with Gasteiger partial charge in [0.1, 0.15) is 17.2 Å². The molecule has 0 amide bonds. The van der Waals surface area contributed by atoms with Crippen LogP contribution in [-0.2, 0) is 5.66 Å². The van der Waals surface area contributed by atoms with E-state index in [-0.39, 0.29) is 0 Å². The molecular weight excluding hydrogens is 486 g/mol. The molecule has 0 fully saturated rings. The van der Waals surface area contributed by atoms with Gasteiger partial charge in [0.15, 0.2) is 17.3 Å². The quantitative estimate of drug-likeness (QED) is 0.225. The molecule has 3 aliphatic heterocycles. The minimum Gasteiger partial charge on any atom is -0.455 e. The molecule has 10 rings (SSSR count). The van der Waals surface area contributed by atoms with E-state index in [2.05, 4.69) is 130 Å². The van der Waals surface area contributed by atoms with E-state index in [0.717, 1.165) is 17.2 Å². The van der Waals surface area contributed by atoms with E-state index in [0.29, 0.717) is 0 Å². The molecule has 0 N–H and O–H groups in total. The number of benzene rings is 4. The number of hydrogen-bond donors (Lipinski definition) is 0. The lowest BCUT2D eigenvalue weighted by Crippen LogP contribution is -2.73. The van der Waals surface area contributed by atoms with Crippen LogP contribution >= 0.6 is 11.3 Å². The van der Waals surface area contributed by atoms with Crippen LogP contribution in [0, 0.1) is 0 Å². The van der Waals surface area contributed by atoms with Gasteiger partial charge in [-0.25, -0.2) is 0 Å². The van der Waals surface area contributed by atoms with Crippen molar-refractivity contribution in [3.8, 4) is 39.6 Å². The Hall–Kier alpha value is -4.74. The minimum absolute atomic E-state index is 0.538. The van der Waals surface area contributed by atoms with Crippen molar-refractivity contribution in [1.29, 1.82) is 0 Å². The van der Waals surface area contributed by atoms with Gasteiger partial charge in [0, 0.05) is 37.9 Å². The largest absolute Gasteiger partial charge is 0.455 e. The topological polar surface area (TPSA) is 21.9 Å². The number of nitrogens with zero attached hydrogens (tertiary/aromatic N) is 3.